The molecule has 18 heavy (non-hydrogen) atoms. The summed E-state index contributed by atoms with van der Waals surface area (Å²) in [6.45, 7) is 0. The Kier molecular flexibility index (Phi) is 3.96. The maximum absolute atomic E-state index is 13.4. The fourth-order valence-corrected chi connectivity index (χ4v) is 2.30. The van der Waals surface area contributed by atoms with Crippen LogP contribution in [0.4, 0.5) is 8.78 Å². The number of thioether (sulfide) groups is 1. The van der Waals surface area contributed by atoms with Crippen LogP contribution in [0.15, 0.2) is 47.4 Å². The Morgan fingerprint density at radius 2 is 1.78 bits per heavy atom. The first-order valence-corrected chi connectivity index (χ1v) is 6.24. The van der Waals surface area contributed by atoms with E-state index in [0.29, 0.717) is 16.2 Å². The molecule has 2 aromatic carbocycles. The molecule has 0 N–H and O–H groups in total. The van der Waals surface area contributed by atoms with Crippen LogP contribution in [0.5, 0.6) is 0 Å². The molecule has 0 unspecified atom stereocenters. The van der Waals surface area contributed by atoms with Crippen LogP contribution in [-0.4, -0.2) is 0 Å². The van der Waals surface area contributed by atoms with Crippen LogP contribution in [0.1, 0.15) is 11.1 Å². The van der Waals surface area contributed by atoms with Crippen molar-refractivity contribution in [3.63, 3.8) is 0 Å². The fraction of sp³-hybridized carbons (Fsp3) is 0.0714. The Bertz CT molecular complexity index is 588. The molecule has 0 saturated heterocycles. The van der Waals surface area contributed by atoms with Gasteiger partial charge in [0, 0.05) is 16.7 Å². The molecule has 1 nitrogen and oxygen atoms in total. The molecule has 0 bridgehead atoms. The highest BCUT2D eigenvalue weighted by Gasteiger charge is 2.04. The summed E-state index contributed by atoms with van der Waals surface area (Å²) in [4.78, 5) is 0.417. The average molecular weight is 261 g/mol. The van der Waals surface area contributed by atoms with E-state index in [1.807, 2.05) is 18.2 Å². The second kappa shape index (κ2) is 5.65. The van der Waals surface area contributed by atoms with Gasteiger partial charge in [-0.05, 0) is 29.8 Å². The lowest BCUT2D eigenvalue weighted by molar-refractivity contribution is 0.565. The van der Waals surface area contributed by atoms with Crippen molar-refractivity contribution in [3.8, 4) is 6.07 Å². The van der Waals surface area contributed by atoms with Crippen molar-refractivity contribution in [3.05, 3.63) is 65.2 Å². The van der Waals surface area contributed by atoms with Crippen molar-refractivity contribution in [2.24, 2.45) is 0 Å². The molecule has 0 heterocycles. The summed E-state index contributed by atoms with van der Waals surface area (Å²) in [5.74, 6) is -0.544. The maximum Gasteiger partial charge on any atom is 0.139 e. The Hall–Kier alpha value is -1.86. The zero-order valence-corrected chi connectivity index (χ0v) is 10.2. The summed E-state index contributed by atoms with van der Waals surface area (Å²) in [6.07, 6.45) is 0. The Morgan fingerprint density at radius 1 is 1.06 bits per heavy atom. The van der Waals surface area contributed by atoms with Gasteiger partial charge in [0.25, 0.3) is 0 Å². The molecule has 0 saturated carbocycles. The average Bonchev–Trinajstić information content (AvgIpc) is 2.38. The molecule has 90 valence electrons. The number of benzene rings is 2. The third-order valence-electron chi connectivity index (χ3n) is 2.37. The number of nitrogens with zero attached hydrogens (tertiary/aromatic N) is 1. The maximum atomic E-state index is 13.4. The molecular formula is C14H9F2NS. The zero-order chi connectivity index (χ0) is 13.0. The highest BCUT2D eigenvalue weighted by atomic mass is 32.2. The highest BCUT2D eigenvalue weighted by molar-refractivity contribution is 7.98. The van der Waals surface area contributed by atoms with Gasteiger partial charge in [0.05, 0.1) is 11.6 Å². The lowest BCUT2D eigenvalue weighted by Gasteiger charge is -2.03. The first kappa shape index (κ1) is 12.6. The van der Waals surface area contributed by atoms with Crippen LogP contribution in [0.2, 0.25) is 0 Å². The number of hydrogen-bond donors (Lipinski definition) is 0. The Balaban J connectivity index is 2.04. The van der Waals surface area contributed by atoms with Gasteiger partial charge >= 0.3 is 0 Å². The van der Waals surface area contributed by atoms with Crippen LogP contribution in [0.25, 0.3) is 0 Å². The molecular weight excluding hydrogens is 252 g/mol. The summed E-state index contributed by atoms with van der Waals surface area (Å²) < 4.78 is 26.1. The smallest absolute Gasteiger partial charge is 0.139 e. The van der Waals surface area contributed by atoms with E-state index in [4.69, 9.17) is 5.26 Å². The molecule has 0 radical (unpaired) electrons. The minimum Gasteiger partial charge on any atom is -0.207 e. The summed E-state index contributed by atoms with van der Waals surface area (Å²) in [5, 5.41) is 8.66. The Morgan fingerprint density at radius 3 is 2.39 bits per heavy atom. The zero-order valence-electron chi connectivity index (χ0n) is 9.36. The first-order chi connectivity index (χ1) is 8.69. The molecule has 0 aliphatic heterocycles. The van der Waals surface area contributed by atoms with E-state index in [9.17, 15) is 8.78 Å². The number of hydrogen-bond acceptors (Lipinski definition) is 2. The summed E-state index contributed by atoms with van der Waals surface area (Å²) in [6, 6.07) is 12.7. The minimum atomic E-state index is -0.574. The van der Waals surface area contributed by atoms with Gasteiger partial charge in [0.2, 0.25) is 0 Å². The standard InChI is InChI=1S/C14H9F2NS/c15-12-5-6-14(13(16)7-12)18-9-11-3-1-10(8-17)2-4-11/h1-7H,9H2. The normalized spacial score (nSPS) is 10.1. The summed E-state index contributed by atoms with van der Waals surface area (Å²) >= 11 is 1.30. The van der Waals surface area contributed by atoms with Crippen molar-refractivity contribution >= 4 is 11.8 Å². The molecule has 0 fully saturated rings. The van der Waals surface area contributed by atoms with Crippen molar-refractivity contribution in [2.75, 3.05) is 0 Å². The fourth-order valence-electron chi connectivity index (χ4n) is 1.43. The topological polar surface area (TPSA) is 23.8 Å². The van der Waals surface area contributed by atoms with E-state index in [2.05, 4.69) is 0 Å². The lowest BCUT2D eigenvalue weighted by atomic mass is 10.2. The van der Waals surface area contributed by atoms with Gasteiger partial charge in [-0.1, -0.05) is 12.1 Å². The summed E-state index contributed by atoms with van der Waals surface area (Å²) in [7, 11) is 0. The third kappa shape index (κ3) is 3.08. The van der Waals surface area contributed by atoms with E-state index in [-0.39, 0.29) is 0 Å². The van der Waals surface area contributed by atoms with Crippen molar-refractivity contribution in [1.29, 1.82) is 5.26 Å². The van der Waals surface area contributed by atoms with Crippen LogP contribution in [0, 0.1) is 23.0 Å². The van der Waals surface area contributed by atoms with Gasteiger partial charge in [-0.2, -0.15) is 5.26 Å². The van der Waals surface area contributed by atoms with Crippen molar-refractivity contribution < 1.29 is 8.78 Å². The largest absolute Gasteiger partial charge is 0.207 e. The number of halogens is 2. The van der Waals surface area contributed by atoms with Crippen LogP contribution >= 0.6 is 11.8 Å². The van der Waals surface area contributed by atoms with E-state index in [1.165, 1.54) is 23.9 Å². The second-order valence-corrected chi connectivity index (χ2v) is 4.69. The van der Waals surface area contributed by atoms with E-state index in [1.54, 1.807) is 12.1 Å². The molecule has 0 amide bonds. The van der Waals surface area contributed by atoms with E-state index < -0.39 is 11.6 Å². The highest BCUT2D eigenvalue weighted by Crippen LogP contribution is 2.25. The Labute approximate surface area is 108 Å². The first-order valence-electron chi connectivity index (χ1n) is 5.26. The molecule has 2 aromatic rings. The monoisotopic (exact) mass is 261 g/mol. The third-order valence-corrected chi connectivity index (χ3v) is 3.49. The van der Waals surface area contributed by atoms with Crippen molar-refractivity contribution in [2.45, 2.75) is 10.6 Å². The van der Waals surface area contributed by atoms with Crippen LogP contribution < -0.4 is 0 Å². The molecule has 0 aliphatic carbocycles. The van der Waals surface area contributed by atoms with Crippen molar-refractivity contribution in [1.82, 2.24) is 0 Å². The molecule has 2 rings (SSSR count). The quantitative estimate of drug-likeness (QED) is 0.776. The SMILES string of the molecule is N#Cc1ccc(CSc2ccc(F)cc2F)cc1. The molecule has 0 spiro atoms. The van der Waals surface area contributed by atoms with Gasteiger partial charge < -0.3 is 0 Å². The predicted octanol–water partition coefficient (Wildman–Crippen LogP) is 4.13. The van der Waals surface area contributed by atoms with Gasteiger partial charge in [0.15, 0.2) is 0 Å². The van der Waals surface area contributed by atoms with Gasteiger partial charge in [-0.15, -0.1) is 11.8 Å². The number of rotatable bonds is 3. The summed E-state index contributed by atoms with van der Waals surface area (Å²) in [5.41, 5.74) is 1.58. The molecule has 0 aromatic heterocycles. The molecule has 0 atom stereocenters. The predicted molar refractivity (Wildman–Crippen MR) is 67.1 cm³/mol. The lowest BCUT2D eigenvalue weighted by Crippen LogP contribution is -1.86. The van der Waals surface area contributed by atoms with Crippen LogP contribution in [-0.2, 0) is 5.75 Å². The molecule has 4 heteroatoms. The van der Waals surface area contributed by atoms with Gasteiger partial charge in [0.1, 0.15) is 11.6 Å². The minimum absolute atomic E-state index is 0.417. The van der Waals surface area contributed by atoms with Crippen LogP contribution in [0.3, 0.4) is 0 Å². The van der Waals surface area contributed by atoms with Gasteiger partial charge in [-0.3, -0.25) is 0 Å². The van der Waals surface area contributed by atoms with Gasteiger partial charge in [-0.25, -0.2) is 8.78 Å². The number of nitriles is 1. The molecule has 0 aliphatic rings. The second-order valence-electron chi connectivity index (χ2n) is 3.67. The van der Waals surface area contributed by atoms with E-state index in [0.717, 1.165) is 11.6 Å². The van der Waals surface area contributed by atoms with E-state index >= 15 is 0 Å².